The normalized spacial score (nSPS) is 31.5. The number of alkyl halides is 2. The maximum atomic E-state index is 13.3. The molecule has 2 unspecified atom stereocenters. The fourth-order valence-electron chi connectivity index (χ4n) is 7.56. The third kappa shape index (κ3) is 15.8. The van der Waals surface area contributed by atoms with Crippen molar-refractivity contribution in [1.29, 1.82) is 0 Å². The van der Waals surface area contributed by atoms with Crippen LogP contribution in [-0.4, -0.2) is 140 Å². The fraction of sp³-hybridized carbons (Fsp3) is 0.826. The molecule has 4 fully saturated rings. The minimum absolute atomic E-state index is 0. The molecule has 6 aliphatic rings. The molecular formula is C46H82F2O14Si2. The third-order valence-corrected chi connectivity index (χ3v) is 22.6. The average Bonchev–Trinajstić information content (AvgIpc) is 3.90. The molecular weight excluding hydrogens is 871 g/mol. The van der Waals surface area contributed by atoms with Gasteiger partial charge in [0.15, 0.2) is 16.6 Å². The second-order valence-corrected chi connectivity index (χ2v) is 29.5. The Balaban J connectivity index is 0.000000429. The largest absolute Gasteiger partial charge is 0.469 e. The molecule has 0 spiro atoms. The molecule has 0 radical (unpaired) electrons. The molecule has 4 aliphatic carbocycles. The Labute approximate surface area is 383 Å². The van der Waals surface area contributed by atoms with Gasteiger partial charge in [0.2, 0.25) is 12.3 Å². The summed E-state index contributed by atoms with van der Waals surface area (Å²) < 4.78 is 67.9. The van der Waals surface area contributed by atoms with E-state index in [1.54, 1.807) is 6.08 Å². The van der Waals surface area contributed by atoms with Crippen molar-refractivity contribution in [2.24, 2.45) is 23.7 Å². The van der Waals surface area contributed by atoms with Crippen molar-refractivity contribution in [2.75, 3.05) is 28.4 Å². The number of esters is 4. The zero-order valence-corrected chi connectivity index (χ0v) is 41.2. The number of carbonyl (C=O) groups is 4. The lowest BCUT2D eigenvalue weighted by molar-refractivity contribution is -0.151. The molecule has 14 atom stereocenters. The molecule has 6 rings (SSSR count). The first-order valence-electron chi connectivity index (χ1n) is 21.6. The Morgan fingerprint density at radius 3 is 1.58 bits per heavy atom. The number of ether oxygens (including phenoxy) is 6. The van der Waals surface area contributed by atoms with E-state index in [1.807, 2.05) is 0 Å². The summed E-state index contributed by atoms with van der Waals surface area (Å²) in [5.74, 6) is -3.31. The van der Waals surface area contributed by atoms with Crippen LogP contribution >= 0.6 is 0 Å². The van der Waals surface area contributed by atoms with Gasteiger partial charge in [-0.05, 0) is 49.1 Å². The van der Waals surface area contributed by atoms with Crippen molar-refractivity contribution >= 4 is 40.5 Å². The second kappa shape index (κ2) is 24.4. The summed E-state index contributed by atoms with van der Waals surface area (Å²) in [6, 6.07) is 0. The van der Waals surface area contributed by atoms with Crippen molar-refractivity contribution in [3.05, 3.63) is 24.3 Å². The molecule has 2 saturated carbocycles. The van der Waals surface area contributed by atoms with Gasteiger partial charge in [0.05, 0.1) is 96.0 Å². The number of halogens is 2. The molecule has 2 aliphatic heterocycles. The summed E-state index contributed by atoms with van der Waals surface area (Å²) >= 11 is 0. The van der Waals surface area contributed by atoms with Crippen molar-refractivity contribution in [3.63, 3.8) is 0 Å². The van der Waals surface area contributed by atoms with Crippen molar-refractivity contribution in [1.82, 2.24) is 0 Å². The predicted molar refractivity (Wildman–Crippen MR) is 245 cm³/mol. The Morgan fingerprint density at radius 1 is 0.656 bits per heavy atom. The maximum absolute atomic E-state index is 13.3. The molecule has 0 aromatic carbocycles. The number of rotatable bonds is 12. The van der Waals surface area contributed by atoms with E-state index in [0.29, 0.717) is 31.8 Å². The van der Waals surface area contributed by atoms with Crippen LogP contribution in [0.2, 0.25) is 36.3 Å². The SMILES string of the molecule is C.C.COC(=O)C(F)[C@@H]1C=CC[C@H]1O.COC(=O)C(F)[C@@H]1[C@H]2O[C@H]2C[C@H]1O.COC(=O)C[C@@H]1C=CC[C@H]1O[Si](C)(C)C(C)(C)C.COC(=O)C[C@@H]1[C@H]2O[C@H]2C[C@H]1O[Si](C)(C)C(C)(C)C. The zero-order chi connectivity index (χ0) is 47.1. The lowest BCUT2D eigenvalue weighted by atomic mass is 9.99. The van der Waals surface area contributed by atoms with Gasteiger partial charge in [0.1, 0.15) is 0 Å². The number of methoxy groups -OCH3 is 4. The molecule has 18 heteroatoms. The molecule has 2 saturated heterocycles. The highest BCUT2D eigenvalue weighted by molar-refractivity contribution is 6.74. The zero-order valence-electron chi connectivity index (χ0n) is 39.2. The minimum atomic E-state index is -1.79. The van der Waals surface area contributed by atoms with Gasteiger partial charge >= 0.3 is 23.9 Å². The van der Waals surface area contributed by atoms with E-state index in [4.69, 9.17) is 27.8 Å². The van der Waals surface area contributed by atoms with E-state index in [9.17, 15) is 38.2 Å². The van der Waals surface area contributed by atoms with Crippen LogP contribution in [0.5, 0.6) is 0 Å². The number of carbonyl (C=O) groups excluding carboxylic acids is 4. The molecule has 64 heavy (non-hydrogen) atoms. The Bertz CT molecular complexity index is 1580. The molecule has 0 aromatic heterocycles. The quantitative estimate of drug-likeness (QED) is 0.0640. The van der Waals surface area contributed by atoms with Crippen molar-refractivity contribution in [3.8, 4) is 0 Å². The third-order valence-electron chi connectivity index (χ3n) is 13.6. The summed E-state index contributed by atoms with van der Waals surface area (Å²) in [5.41, 5.74) is 0. The average molecular weight is 953 g/mol. The van der Waals surface area contributed by atoms with E-state index < -0.39 is 65.0 Å². The Hall–Kier alpha value is -2.59. The summed E-state index contributed by atoms with van der Waals surface area (Å²) in [4.78, 5) is 44.4. The number of epoxide rings is 2. The van der Waals surface area contributed by atoms with Crippen LogP contribution in [0.4, 0.5) is 8.78 Å². The molecule has 0 amide bonds. The minimum Gasteiger partial charge on any atom is -0.469 e. The monoisotopic (exact) mass is 953 g/mol. The summed E-state index contributed by atoms with van der Waals surface area (Å²) in [7, 11) is 1.57. The maximum Gasteiger partial charge on any atom is 0.341 e. The van der Waals surface area contributed by atoms with Gasteiger partial charge in [-0.15, -0.1) is 0 Å². The molecule has 2 heterocycles. The number of fused-ring (bicyclic) bond motifs is 2. The first-order valence-corrected chi connectivity index (χ1v) is 27.4. The fourth-order valence-corrected chi connectivity index (χ4v) is 10.3. The standard InChI is InChI=1S/C14H26O4Si.C14H26O3Si.C8H11FO4.C8H11FO3.2CH4/c1-14(2,3)19(5,6)18-10-8-11-13(17-11)9(10)7-12(15)16-4;1-14(2,3)18(5,6)17-12-9-7-8-11(12)10-13(15)16-4;1-12-8(11)6(9)5-3(10)2-4-7(5)13-4;1-12-8(11)7(9)5-3-2-4-6(5)10;;/h9-11,13H,7-8H2,1-6H3;7-8,11-12H,9-10H2,1-6H3;3-7,10H,2H2,1H3;2-3,5-7,10H,4H2,1H3;2*1H4/t9-,10+,11-,13+;11-,12+;3-,4+,5-,6?,7+;5-,6-,7?;;/m0011../s1. The van der Waals surface area contributed by atoms with E-state index in [0.717, 1.165) is 27.1 Å². The van der Waals surface area contributed by atoms with Crippen molar-refractivity contribution in [2.45, 2.75) is 192 Å². The van der Waals surface area contributed by atoms with Crippen LogP contribution in [0.25, 0.3) is 0 Å². The number of hydrogen-bond donors (Lipinski definition) is 2. The van der Waals surface area contributed by atoms with E-state index >= 15 is 0 Å². The highest BCUT2D eigenvalue weighted by atomic mass is 28.4. The van der Waals surface area contributed by atoms with Gasteiger partial charge in [0.25, 0.3) is 0 Å². The first-order chi connectivity index (χ1) is 28.6. The van der Waals surface area contributed by atoms with E-state index in [1.165, 1.54) is 20.3 Å². The van der Waals surface area contributed by atoms with Gasteiger partial charge in [-0.2, -0.15) is 0 Å². The Kier molecular flexibility index (Phi) is 22.7. The number of hydrogen-bond acceptors (Lipinski definition) is 14. The topological polar surface area (TPSA) is 189 Å². The van der Waals surface area contributed by atoms with Gasteiger partial charge < -0.3 is 47.5 Å². The molecule has 2 N–H and O–H groups in total. The van der Waals surface area contributed by atoms with E-state index in [-0.39, 0.29) is 79.2 Å². The van der Waals surface area contributed by atoms with Crippen LogP contribution in [0.15, 0.2) is 24.3 Å². The summed E-state index contributed by atoms with van der Waals surface area (Å²) in [6.07, 6.45) is 6.28. The molecule has 372 valence electrons. The first kappa shape index (κ1) is 59.4. The number of aliphatic hydroxyl groups excluding tert-OH is 2. The highest BCUT2D eigenvalue weighted by Crippen LogP contribution is 2.49. The highest BCUT2D eigenvalue weighted by Gasteiger charge is 2.60. The van der Waals surface area contributed by atoms with Gasteiger partial charge in [-0.25, -0.2) is 18.4 Å². The van der Waals surface area contributed by atoms with Crippen LogP contribution in [-0.2, 0) is 56.5 Å². The van der Waals surface area contributed by atoms with Gasteiger partial charge in [-0.3, -0.25) is 9.59 Å². The second-order valence-electron chi connectivity index (χ2n) is 19.9. The van der Waals surface area contributed by atoms with E-state index in [2.05, 4.69) is 89.4 Å². The number of aliphatic hydroxyl groups is 2. The predicted octanol–water partition coefficient (Wildman–Crippen LogP) is 7.60. The van der Waals surface area contributed by atoms with Crippen LogP contribution < -0.4 is 0 Å². The molecule has 14 nitrogen and oxygen atoms in total. The van der Waals surface area contributed by atoms with Crippen LogP contribution in [0.3, 0.4) is 0 Å². The van der Waals surface area contributed by atoms with Crippen LogP contribution in [0.1, 0.15) is 94.9 Å². The summed E-state index contributed by atoms with van der Waals surface area (Å²) in [5, 5.41) is 19.0. The van der Waals surface area contributed by atoms with Crippen molar-refractivity contribution < 1.29 is 75.4 Å². The Morgan fingerprint density at radius 2 is 1.12 bits per heavy atom. The lowest BCUT2D eigenvalue weighted by Gasteiger charge is -2.40. The van der Waals surface area contributed by atoms with Gasteiger partial charge in [0, 0.05) is 30.6 Å². The van der Waals surface area contributed by atoms with Crippen LogP contribution in [0, 0.1) is 23.7 Å². The molecule has 0 aromatic rings. The lowest BCUT2D eigenvalue weighted by Crippen LogP contribution is -2.45. The smallest absolute Gasteiger partial charge is 0.341 e. The van der Waals surface area contributed by atoms with Gasteiger partial charge in [-0.1, -0.05) is 80.7 Å². The summed E-state index contributed by atoms with van der Waals surface area (Å²) in [6.45, 7) is 22.4. The molecule has 0 bridgehead atoms.